The maximum absolute atomic E-state index is 12.2. The van der Waals surface area contributed by atoms with E-state index >= 15 is 0 Å². The van der Waals surface area contributed by atoms with Gasteiger partial charge in [-0.3, -0.25) is 9.59 Å². The number of halogens is 1. The van der Waals surface area contributed by atoms with Crippen LogP contribution in [0.25, 0.3) is 0 Å². The molecule has 2 N–H and O–H groups in total. The molecule has 0 saturated heterocycles. The van der Waals surface area contributed by atoms with Crippen LogP contribution in [0.3, 0.4) is 0 Å². The molecule has 1 rings (SSSR count). The molecule has 24 heavy (non-hydrogen) atoms. The van der Waals surface area contributed by atoms with E-state index in [1.165, 1.54) is 12.1 Å². The molecule has 0 aliphatic rings. The number of carbonyl (C=O) groups is 2. The Morgan fingerprint density at radius 2 is 1.50 bits per heavy atom. The Kier molecular flexibility index (Phi) is 5.22. The lowest BCUT2D eigenvalue weighted by molar-refractivity contribution is -0.164. The van der Waals surface area contributed by atoms with Gasteiger partial charge in [0.15, 0.2) is 5.41 Å². The third kappa shape index (κ3) is 2.93. The zero-order valence-corrected chi connectivity index (χ0v) is 16.3. The number of hydrogen-bond donors (Lipinski definition) is 2. The van der Waals surface area contributed by atoms with Gasteiger partial charge >= 0.3 is 11.9 Å². The Balaban J connectivity index is 4.15. The van der Waals surface area contributed by atoms with Crippen molar-refractivity contribution in [3.8, 4) is 6.07 Å². The minimum absolute atomic E-state index is 0.188. The minimum Gasteiger partial charge on any atom is -0.480 e. The number of nitriles is 1. The molecule has 0 radical (unpaired) electrons. The molecule has 5 nitrogen and oxygen atoms in total. The smallest absolute Gasteiger partial charge is 0.326 e. The second-order valence-electron chi connectivity index (χ2n) is 7.82. The number of aliphatic carboxylic acids is 2. The summed E-state index contributed by atoms with van der Waals surface area (Å²) in [5, 5.41) is 29.1. The van der Waals surface area contributed by atoms with Gasteiger partial charge in [0.2, 0.25) is 0 Å². The lowest BCUT2D eigenvalue weighted by Gasteiger charge is -2.41. The van der Waals surface area contributed by atoms with Crippen LogP contribution in [0.5, 0.6) is 0 Å². The van der Waals surface area contributed by atoms with Gasteiger partial charge < -0.3 is 10.2 Å². The summed E-state index contributed by atoms with van der Waals surface area (Å²) in [4.78, 5) is 24.4. The highest BCUT2D eigenvalue weighted by molar-refractivity contribution is 9.10. The van der Waals surface area contributed by atoms with E-state index < -0.39 is 28.2 Å². The quantitative estimate of drug-likeness (QED) is 0.751. The van der Waals surface area contributed by atoms with E-state index in [0.29, 0.717) is 15.6 Å². The fourth-order valence-electron chi connectivity index (χ4n) is 3.08. The number of carboxylic acid groups (broad SMARTS) is 2. The van der Waals surface area contributed by atoms with Crippen LogP contribution in [0, 0.1) is 16.7 Å². The first-order chi connectivity index (χ1) is 10.7. The van der Waals surface area contributed by atoms with E-state index in [4.69, 9.17) is 0 Å². The van der Waals surface area contributed by atoms with Gasteiger partial charge in [-0.05, 0) is 44.0 Å². The number of hydrogen-bond acceptors (Lipinski definition) is 3. The molecule has 0 fully saturated rings. The van der Waals surface area contributed by atoms with Crippen molar-refractivity contribution in [2.45, 2.75) is 52.4 Å². The van der Waals surface area contributed by atoms with Gasteiger partial charge in [-0.1, -0.05) is 47.6 Å². The molecule has 0 unspecified atom stereocenters. The summed E-state index contributed by atoms with van der Waals surface area (Å²) in [6.07, 6.45) is 0. The van der Waals surface area contributed by atoms with Crippen LogP contribution in [0.15, 0.2) is 16.6 Å². The summed E-state index contributed by atoms with van der Waals surface area (Å²) >= 11 is 3.38. The third-order valence-electron chi connectivity index (χ3n) is 4.18. The molecule has 0 atom stereocenters. The average Bonchev–Trinajstić information content (AvgIpc) is 2.35. The zero-order valence-electron chi connectivity index (χ0n) is 14.7. The zero-order chi connectivity index (χ0) is 19.1. The maximum Gasteiger partial charge on any atom is 0.326 e. The van der Waals surface area contributed by atoms with Gasteiger partial charge in [0, 0.05) is 4.47 Å². The molecule has 0 aliphatic heterocycles. The second-order valence-corrected chi connectivity index (χ2v) is 8.61. The van der Waals surface area contributed by atoms with Crippen LogP contribution < -0.4 is 0 Å². The molecule has 0 aromatic heterocycles. The molecule has 130 valence electrons. The summed E-state index contributed by atoms with van der Waals surface area (Å²) < 4.78 is 0.436. The van der Waals surface area contributed by atoms with E-state index in [0.717, 1.165) is 0 Å². The first kappa shape index (κ1) is 20.2. The third-order valence-corrected chi connectivity index (χ3v) is 5.01. The standard InChI is InChI=1S/C18H22BrNO4/c1-16(2,3)12-11(8-7-10(9-20)13(12)19)18(14(21)22,15(23)24)17(4,5)6/h7-8H,1-6H3,(H,21,22)(H,23,24). The molecule has 0 heterocycles. The number of rotatable bonds is 3. The fourth-order valence-corrected chi connectivity index (χ4v) is 4.10. The predicted molar refractivity (Wildman–Crippen MR) is 94.0 cm³/mol. The average molecular weight is 396 g/mol. The first-order valence-corrected chi connectivity index (χ1v) is 8.22. The highest BCUT2D eigenvalue weighted by Crippen LogP contribution is 2.48. The number of nitrogens with zero attached hydrogens (tertiary/aromatic N) is 1. The van der Waals surface area contributed by atoms with Crippen LogP contribution in [-0.4, -0.2) is 22.2 Å². The largest absolute Gasteiger partial charge is 0.480 e. The van der Waals surface area contributed by atoms with Crippen molar-refractivity contribution in [2.75, 3.05) is 0 Å². The van der Waals surface area contributed by atoms with E-state index in [2.05, 4.69) is 15.9 Å². The summed E-state index contributed by atoms with van der Waals surface area (Å²) in [6.45, 7) is 10.3. The van der Waals surface area contributed by atoms with Crippen LogP contribution in [0.4, 0.5) is 0 Å². The Morgan fingerprint density at radius 3 is 1.79 bits per heavy atom. The van der Waals surface area contributed by atoms with Crippen molar-refractivity contribution in [2.24, 2.45) is 5.41 Å². The van der Waals surface area contributed by atoms with Gasteiger partial charge in [-0.25, -0.2) is 0 Å². The summed E-state index contributed by atoms with van der Waals surface area (Å²) in [5.74, 6) is -2.85. The van der Waals surface area contributed by atoms with Gasteiger partial charge in [-0.15, -0.1) is 0 Å². The SMILES string of the molecule is CC(C)(C)c1c(C(C(=O)O)(C(=O)O)C(C)(C)C)ccc(C#N)c1Br. The maximum atomic E-state index is 12.2. The van der Waals surface area contributed by atoms with Gasteiger partial charge in [0.05, 0.1) is 5.56 Å². The van der Waals surface area contributed by atoms with Crippen molar-refractivity contribution in [1.82, 2.24) is 0 Å². The minimum atomic E-state index is -2.15. The lowest BCUT2D eigenvalue weighted by atomic mass is 9.59. The Hall–Kier alpha value is -1.87. The van der Waals surface area contributed by atoms with E-state index in [1.54, 1.807) is 20.8 Å². The Morgan fingerprint density at radius 1 is 1.04 bits per heavy atom. The van der Waals surface area contributed by atoms with Crippen molar-refractivity contribution in [1.29, 1.82) is 5.26 Å². The molecule has 0 saturated carbocycles. The monoisotopic (exact) mass is 395 g/mol. The van der Waals surface area contributed by atoms with E-state index in [9.17, 15) is 25.1 Å². The number of benzene rings is 1. The Bertz CT molecular complexity index is 719. The molecule has 1 aromatic carbocycles. The van der Waals surface area contributed by atoms with Gasteiger partial charge in [0.25, 0.3) is 0 Å². The summed E-state index contributed by atoms with van der Waals surface area (Å²) in [7, 11) is 0. The predicted octanol–water partition coefficient (Wildman–Crippen LogP) is 4.07. The molecular weight excluding hydrogens is 374 g/mol. The molecular formula is C18H22BrNO4. The van der Waals surface area contributed by atoms with Crippen molar-refractivity contribution in [3.05, 3.63) is 33.3 Å². The van der Waals surface area contributed by atoms with Crippen molar-refractivity contribution < 1.29 is 19.8 Å². The topological polar surface area (TPSA) is 98.4 Å². The molecule has 0 amide bonds. The molecule has 0 aliphatic carbocycles. The molecule has 0 spiro atoms. The fraction of sp³-hybridized carbons (Fsp3) is 0.500. The van der Waals surface area contributed by atoms with E-state index in [-0.39, 0.29) is 5.56 Å². The highest BCUT2D eigenvalue weighted by Gasteiger charge is 2.58. The molecule has 6 heteroatoms. The molecule has 0 bridgehead atoms. The summed E-state index contributed by atoms with van der Waals surface area (Å²) in [6, 6.07) is 4.96. The first-order valence-electron chi connectivity index (χ1n) is 7.43. The van der Waals surface area contributed by atoms with E-state index in [1.807, 2.05) is 26.8 Å². The van der Waals surface area contributed by atoms with Crippen LogP contribution in [0.2, 0.25) is 0 Å². The van der Waals surface area contributed by atoms with Crippen molar-refractivity contribution >= 4 is 27.9 Å². The van der Waals surface area contributed by atoms with Crippen LogP contribution in [0.1, 0.15) is 58.2 Å². The van der Waals surface area contributed by atoms with Gasteiger partial charge in [-0.2, -0.15) is 5.26 Å². The second kappa shape index (κ2) is 6.21. The molecule has 1 aromatic rings. The highest BCUT2D eigenvalue weighted by atomic mass is 79.9. The normalized spacial score (nSPS) is 12.6. The van der Waals surface area contributed by atoms with Crippen LogP contribution in [-0.2, 0) is 20.4 Å². The Labute approximate surface area is 150 Å². The number of carboxylic acids is 2. The van der Waals surface area contributed by atoms with Crippen molar-refractivity contribution in [3.63, 3.8) is 0 Å². The lowest BCUT2D eigenvalue weighted by Crippen LogP contribution is -2.54. The van der Waals surface area contributed by atoms with Gasteiger partial charge in [0.1, 0.15) is 6.07 Å². The summed E-state index contributed by atoms with van der Waals surface area (Å²) in [5.41, 5.74) is -2.77. The van der Waals surface area contributed by atoms with Crippen LogP contribution >= 0.6 is 15.9 Å².